The number of unbranched alkanes of at least 4 members (excludes halogenated alkanes) is 1. The van der Waals surface area contributed by atoms with Crippen LogP contribution in [0.3, 0.4) is 0 Å². The molecular weight excluding hydrogens is 264 g/mol. The summed E-state index contributed by atoms with van der Waals surface area (Å²) in [5, 5.41) is 0. The Balaban J connectivity index is 2.32. The highest BCUT2D eigenvalue weighted by Gasteiger charge is 2.23. The first-order chi connectivity index (χ1) is 10.9. The summed E-state index contributed by atoms with van der Waals surface area (Å²) in [6, 6.07) is 22.1. The van der Waals surface area contributed by atoms with Crippen LogP contribution in [0.5, 0.6) is 0 Å². The van der Waals surface area contributed by atoms with E-state index in [2.05, 4.69) is 80.2 Å². The molecule has 0 saturated heterocycles. The quantitative estimate of drug-likeness (QED) is 0.450. The van der Waals surface area contributed by atoms with E-state index in [1.165, 1.54) is 36.8 Å². The molecule has 0 aromatic heterocycles. The Labute approximate surface area is 135 Å². The zero-order chi connectivity index (χ0) is 15.6. The van der Waals surface area contributed by atoms with Crippen LogP contribution in [0.2, 0.25) is 0 Å². The van der Waals surface area contributed by atoms with Crippen molar-refractivity contribution in [2.24, 2.45) is 0 Å². The highest BCUT2D eigenvalue weighted by molar-refractivity contribution is 5.28. The third kappa shape index (κ3) is 4.59. The third-order valence-electron chi connectivity index (χ3n) is 4.49. The lowest BCUT2D eigenvalue weighted by Crippen LogP contribution is -2.12. The van der Waals surface area contributed by atoms with Gasteiger partial charge in [-0.05, 0) is 42.2 Å². The average molecular weight is 292 g/mol. The first kappa shape index (κ1) is 16.5. The van der Waals surface area contributed by atoms with Crippen molar-refractivity contribution in [3.8, 4) is 0 Å². The van der Waals surface area contributed by atoms with Gasteiger partial charge in [-0.25, -0.2) is 0 Å². The molecule has 2 atom stereocenters. The molecule has 0 heterocycles. The summed E-state index contributed by atoms with van der Waals surface area (Å²) in [5.74, 6) is 1.18. The Kier molecular flexibility index (Phi) is 6.96. The first-order valence-electron chi connectivity index (χ1n) is 8.57. The molecule has 2 rings (SSSR count). The highest BCUT2D eigenvalue weighted by atomic mass is 14.3. The zero-order valence-electron chi connectivity index (χ0n) is 13.7. The van der Waals surface area contributed by atoms with Crippen LogP contribution in [0.4, 0.5) is 0 Å². The maximum absolute atomic E-state index is 3.92. The van der Waals surface area contributed by atoms with Gasteiger partial charge in [-0.2, -0.15) is 0 Å². The van der Waals surface area contributed by atoms with Crippen LogP contribution in [0.15, 0.2) is 73.3 Å². The Morgan fingerprint density at radius 1 is 0.818 bits per heavy atom. The molecule has 116 valence electrons. The molecule has 0 bridgehead atoms. The smallest absolute Gasteiger partial charge is 0.00901 e. The van der Waals surface area contributed by atoms with E-state index in [1.807, 2.05) is 0 Å². The lowest BCUT2D eigenvalue weighted by atomic mass is 9.76. The molecule has 0 heteroatoms. The van der Waals surface area contributed by atoms with Crippen molar-refractivity contribution in [1.29, 1.82) is 0 Å². The van der Waals surface area contributed by atoms with E-state index in [4.69, 9.17) is 0 Å². The van der Waals surface area contributed by atoms with E-state index in [-0.39, 0.29) is 0 Å². The summed E-state index contributed by atoms with van der Waals surface area (Å²) < 4.78 is 0. The summed E-state index contributed by atoms with van der Waals surface area (Å²) >= 11 is 0. The van der Waals surface area contributed by atoms with Gasteiger partial charge in [0.15, 0.2) is 0 Å². The van der Waals surface area contributed by atoms with Crippen molar-refractivity contribution in [3.05, 3.63) is 84.4 Å². The van der Waals surface area contributed by atoms with E-state index in [1.54, 1.807) is 0 Å². The van der Waals surface area contributed by atoms with Crippen LogP contribution in [0.1, 0.15) is 62.0 Å². The summed E-state index contributed by atoms with van der Waals surface area (Å²) in [7, 11) is 0. The van der Waals surface area contributed by atoms with E-state index in [0.29, 0.717) is 11.8 Å². The Hall–Kier alpha value is -1.82. The Morgan fingerprint density at radius 2 is 1.32 bits per heavy atom. The van der Waals surface area contributed by atoms with Crippen molar-refractivity contribution in [3.63, 3.8) is 0 Å². The molecular formula is C22H28. The molecule has 22 heavy (non-hydrogen) atoms. The predicted molar refractivity (Wildman–Crippen MR) is 97.3 cm³/mol. The van der Waals surface area contributed by atoms with Crippen molar-refractivity contribution in [2.45, 2.75) is 50.9 Å². The molecule has 0 N–H and O–H groups in total. The predicted octanol–water partition coefficient (Wildman–Crippen LogP) is 6.71. The number of benzene rings is 2. The van der Waals surface area contributed by atoms with Gasteiger partial charge in [-0.15, -0.1) is 6.58 Å². The van der Waals surface area contributed by atoms with Gasteiger partial charge >= 0.3 is 0 Å². The number of rotatable bonds is 9. The van der Waals surface area contributed by atoms with E-state index >= 15 is 0 Å². The van der Waals surface area contributed by atoms with Crippen LogP contribution in [0.25, 0.3) is 0 Å². The van der Waals surface area contributed by atoms with Crippen molar-refractivity contribution < 1.29 is 0 Å². The van der Waals surface area contributed by atoms with E-state index in [9.17, 15) is 0 Å². The Bertz CT molecular complexity index is 526. The monoisotopic (exact) mass is 292 g/mol. The minimum Gasteiger partial charge on any atom is -0.103 e. The summed E-state index contributed by atoms with van der Waals surface area (Å²) in [4.78, 5) is 0. The number of hydrogen-bond donors (Lipinski definition) is 0. The van der Waals surface area contributed by atoms with Gasteiger partial charge in [0.05, 0.1) is 0 Å². The molecule has 2 unspecified atom stereocenters. The summed E-state index contributed by atoms with van der Waals surface area (Å²) in [6.07, 6.45) is 8.12. The van der Waals surface area contributed by atoms with Gasteiger partial charge in [-0.1, -0.05) is 86.5 Å². The van der Waals surface area contributed by atoms with Gasteiger partial charge in [0.25, 0.3) is 0 Å². The second kappa shape index (κ2) is 9.25. The van der Waals surface area contributed by atoms with Gasteiger partial charge < -0.3 is 0 Å². The molecule has 0 saturated carbocycles. The first-order valence-corrected chi connectivity index (χ1v) is 8.57. The normalized spacial score (nSPS) is 13.5. The Morgan fingerprint density at radius 3 is 1.77 bits per heavy atom. The molecule has 0 fully saturated rings. The van der Waals surface area contributed by atoms with Crippen molar-refractivity contribution in [2.75, 3.05) is 0 Å². The van der Waals surface area contributed by atoms with Crippen LogP contribution in [-0.4, -0.2) is 0 Å². The molecule has 2 aromatic rings. The van der Waals surface area contributed by atoms with E-state index < -0.39 is 0 Å². The van der Waals surface area contributed by atoms with Gasteiger partial charge in [0.1, 0.15) is 0 Å². The second-order valence-electron chi connectivity index (χ2n) is 6.04. The molecule has 0 aliphatic carbocycles. The van der Waals surface area contributed by atoms with E-state index in [0.717, 1.165) is 6.42 Å². The van der Waals surface area contributed by atoms with Crippen LogP contribution < -0.4 is 0 Å². The molecule has 0 nitrogen and oxygen atoms in total. The fourth-order valence-electron chi connectivity index (χ4n) is 3.32. The molecule has 2 aromatic carbocycles. The van der Waals surface area contributed by atoms with Gasteiger partial charge in [0.2, 0.25) is 0 Å². The maximum Gasteiger partial charge on any atom is -0.00901 e. The molecule has 0 aliphatic heterocycles. The fourth-order valence-corrected chi connectivity index (χ4v) is 3.32. The van der Waals surface area contributed by atoms with Gasteiger partial charge in [-0.3, -0.25) is 0 Å². The zero-order valence-corrected chi connectivity index (χ0v) is 13.7. The third-order valence-corrected chi connectivity index (χ3v) is 4.49. The number of allylic oxidation sites excluding steroid dienone is 1. The van der Waals surface area contributed by atoms with Crippen LogP contribution in [-0.2, 0) is 0 Å². The minimum atomic E-state index is 0.577. The summed E-state index contributed by atoms with van der Waals surface area (Å²) in [6.45, 7) is 6.20. The fraction of sp³-hybridized carbons (Fsp3) is 0.364. The molecule has 0 amide bonds. The van der Waals surface area contributed by atoms with Crippen LogP contribution in [0, 0.1) is 0 Å². The largest absolute Gasteiger partial charge is 0.103 e. The SMILES string of the molecule is C=CCCC(c1ccccc1)C(CCCC)c1ccccc1. The number of hydrogen-bond acceptors (Lipinski definition) is 0. The second-order valence-corrected chi connectivity index (χ2v) is 6.04. The minimum absolute atomic E-state index is 0.577. The van der Waals surface area contributed by atoms with Crippen molar-refractivity contribution >= 4 is 0 Å². The van der Waals surface area contributed by atoms with Crippen LogP contribution >= 0.6 is 0 Å². The van der Waals surface area contributed by atoms with Gasteiger partial charge in [0, 0.05) is 0 Å². The highest BCUT2D eigenvalue weighted by Crippen LogP contribution is 2.39. The molecule has 0 aliphatic rings. The van der Waals surface area contributed by atoms with Crippen molar-refractivity contribution in [1.82, 2.24) is 0 Å². The average Bonchev–Trinajstić information content (AvgIpc) is 2.59. The lowest BCUT2D eigenvalue weighted by molar-refractivity contribution is 0.465. The molecule has 0 radical (unpaired) electrons. The maximum atomic E-state index is 3.92. The summed E-state index contributed by atoms with van der Waals surface area (Å²) in [5.41, 5.74) is 2.95. The topological polar surface area (TPSA) is 0 Å². The standard InChI is InChI=1S/C22H28/c1-3-5-17-21(19-13-9-7-10-14-19)22(18-6-4-2)20-15-11-8-12-16-20/h3,7-16,21-22H,1,4-6,17-18H2,2H3. The molecule has 0 spiro atoms. The lowest BCUT2D eigenvalue weighted by Gasteiger charge is -2.28.